The van der Waals surface area contributed by atoms with Crippen molar-refractivity contribution in [2.45, 2.75) is 0 Å². The zero-order valence-electron chi connectivity index (χ0n) is 10.4. The molecule has 20 heavy (non-hydrogen) atoms. The van der Waals surface area contributed by atoms with Crippen molar-refractivity contribution in [1.29, 1.82) is 0 Å². The van der Waals surface area contributed by atoms with Gasteiger partial charge in [0.2, 0.25) is 0 Å². The van der Waals surface area contributed by atoms with Gasteiger partial charge in [-0.05, 0) is 42.5 Å². The van der Waals surface area contributed by atoms with E-state index in [0.717, 1.165) is 15.7 Å². The van der Waals surface area contributed by atoms with Gasteiger partial charge in [0.25, 0.3) is 0 Å². The molecule has 2 aromatic carbocycles. The summed E-state index contributed by atoms with van der Waals surface area (Å²) in [7, 11) is 0. The summed E-state index contributed by atoms with van der Waals surface area (Å²) in [6.07, 6.45) is 0. The quantitative estimate of drug-likeness (QED) is 0.770. The van der Waals surface area contributed by atoms with E-state index in [2.05, 4.69) is 21.0 Å². The van der Waals surface area contributed by atoms with Crippen LogP contribution in [0.25, 0.3) is 16.9 Å². The highest BCUT2D eigenvalue weighted by Crippen LogP contribution is 2.24. The molecule has 0 aliphatic carbocycles. The van der Waals surface area contributed by atoms with Crippen molar-refractivity contribution in [2.75, 3.05) is 5.73 Å². The van der Waals surface area contributed by atoms with Crippen molar-refractivity contribution in [3.05, 3.63) is 64.9 Å². The summed E-state index contributed by atoms with van der Waals surface area (Å²) in [4.78, 5) is 0. The maximum absolute atomic E-state index is 12.9. The summed E-state index contributed by atoms with van der Waals surface area (Å²) in [5, 5.41) is 4.47. The number of nitrogen functional groups attached to an aromatic ring is 1. The Morgan fingerprint density at radius 1 is 1.05 bits per heavy atom. The minimum Gasteiger partial charge on any atom is -0.384 e. The lowest BCUT2D eigenvalue weighted by Gasteiger charge is -2.03. The monoisotopic (exact) mass is 331 g/mol. The highest BCUT2D eigenvalue weighted by atomic mass is 79.9. The van der Waals surface area contributed by atoms with Crippen molar-refractivity contribution >= 4 is 21.7 Å². The smallest absolute Gasteiger partial charge is 0.127 e. The molecule has 1 aromatic heterocycles. The second kappa shape index (κ2) is 5.09. The molecule has 2 N–H and O–H groups in total. The van der Waals surface area contributed by atoms with Gasteiger partial charge in [0.1, 0.15) is 11.6 Å². The molecule has 0 unspecified atom stereocenters. The van der Waals surface area contributed by atoms with E-state index in [0.29, 0.717) is 11.5 Å². The average Bonchev–Trinajstić information content (AvgIpc) is 2.82. The molecular weight excluding hydrogens is 321 g/mol. The van der Waals surface area contributed by atoms with E-state index in [4.69, 9.17) is 5.73 Å². The Bertz CT molecular complexity index is 750. The second-order valence-electron chi connectivity index (χ2n) is 4.35. The van der Waals surface area contributed by atoms with Gasteiger partial charge in [-0.2, -0.15) is 5.10 Å². The molecule has 5 heteroatoms. The number of anilines is 1. The first-order chi connectivity index (χ1) is 9.63. The first-order valence-corrected chi connectivity index (χ1v) is 6.80. The number of benzene rings is 2. The summed E-state index contributed by atoms with van der Waals surface area (Å²) in [6.45, 7) is 0. The maximum Gasteiger partial charge on any atom is 0.127 e. The fraction of sp³-hybridized carbons (Fsp3) is 0. The predicted octanol–water partition coefficient (Wildman–Crippen LogP) is 4.02. The number of hydrogen-bond acceptors (Lipinski definition) is 2. The predicted molar refractivity (Wildman–Crippen MR) is 81.1 cm³/mol. The van der Waals surface area contributed by atoms with Gasteiger partial charge >= 0.3 is 0 Å². The Morgan fingerprint density at radius 2 is 1.80 bits per heavy atom. The van der Waals surface area contributed by atoms with Crippen molar-refractivity contribution < 1.29 is 4.39 Å². The molecule has 0 aliphatic heterocycles. The van der Waals surface area contributed by atoms with E-state index in [1.807, 2.05) is 24.3 Å². The molecule has 3 rings (SSSR count). The first kappa shape index (κ1) is 12.9. The second-order valence-corrected chi connectivity index (χ2v) is 5.27. The number of aromatic nitrogens is 2. The molecule has 0 saturated carbocycles. The van der Waals surface area contributed by atoms with E-state index >= 15 is 0 Å². The highest BCUT2D eigenvalue weighted by molar-refractivity contribution is 9.10. The van der Waals surface area contributed by atoms with E-state index in [-0.39, 0.29) is 5.82 Å². The Kier molecular flexibility index (Phi) is 3.28. The van der Waals surface area contributed by atoms with Crippen LogP contribution in [0.2, 0.25) is 0 Å². The van der Waals surface area contributed by atoms with Crippen LogP contribution >= 0.6 is 15.9 Å². The van der Waals surface area contributed by atoms with Crippen LogP contribution in [0.4, 0.5) is 10.2 Å². The van der Waals surface area contributed by atoms with Gasteiger partial charge in [0.15, 0.2) is 0 Å². The standard InChI is InChI=1S/C15H11BrFN3/c16-11-2-1-3-13(8-11)20-15(18)9-14(19-20)10-4-6-12(17)7-5-10/h1-9H,18H2. The normalized spacial score (nSPS) is 10.7. The lowest BCUT2D eigenvalue weighted by Crippen LogP contribution is -2.01. The summed E-state index contributed by atoms with van der Waals surface area (Å²) < 4.78 is 15.5. The zero-order chi connectivity index (χ0) is 14.1. The van der Waals surface area contributed by atoms with Crippen molar-refractivity contribution in [1.82, 2.24) is 9.78 Å². The number of nitrogens with two attached hydrogens (primary N) is 1. The van der Waals surface area contributed by atoms with Crippen LogP contribution in [-0.2, 0) is 0 Å². The summed E-state index contributed by atoms with van der Waals surface area (Å²) in [6, 6.07) is 15.6. The average molecular weight is 332 g/mol. The van der Waals surface area contributed by atoms with Crippen molar-refractivity contribution in [3.63, 3.8) is 0 Å². The molecule has 0 spiro atoms. The van der Waals surface area contributed by atoms with Crippen LogP contribution in [0.3, 0.4) is 0 Å². The summed E-state index contributed by atoms with van der Waals surface area (Å²) in [5.41, 5.74) is 8.40. The molecule has 0 bridgehead atoms. The molecule has 0 saturated heterocycles. The largest absolute Gasteiger partial charge is 0.384 e. The fourth-order valence-electron chi connectivity index (χ4n) is 1.97. The molecule has 3 aromatic rings. The van der Waals surface area contributed by atoms with Crippen LogP contribution < -0.4 is 5.73 Å². The van der Waals surface area contributed by atoms with Crippen LogP contribution in [0.15, 0.2) is 59.1 Å². The molecule has 0 amide bonds. The number of halogens is 2. The van der Waals surface area contributed by atoms with E-state index < -0.39 is 0 Å². The third-order valence-electron chi connectivity index (χ3n) is 2.93. The van der Waals surface area contributed by atoms with Gasteiger partial charge in [-0.15, -0.1) is 0 Å². The Labute approximate surface area is 124 Å². The van der Waals surface area contributed by atoms with Gasteiger partial charge in [-0.1, -0.05) is 22.0 Å². The van der Waals surface area contributed by atoms with Gasteiger partial charge in [0, 0.05) is 16.1 Å². The number of hydrogen-bond donors (Lipinski definition) is 1. The fourth-order valence-corrected chi connectivity index (χ4v) is 2.36. The minimum atomic E-state index is -0.270. The zero-order valence-corrected chi connectivity index (χ0v) is 12.0. The van der Waals surface area contributed by atoms with Crippen LogP contribution in [0.1, 0.15) is 0 Å². The maximum atomic E-state index is 12.9. The summed E-state index contributed by atoms with van der Waals surface area (Å²) >= 11 is 3.42. The van der Waals surface area contributed by atoms with Gasteiger partial charge in [-0.25, -0.2) is 9.07 Å². The van der Waals surface area contributed by atoms with Gasteiger partial charge in [0.05, 0.1) is 11.4 Å². The lowest BCUT2D eigenvalue weighted by atomic mass is 10.1. The Balaban J connectivity index is 2.05. The lowest BCUT2D eigenvalue weighted by molar-refractivity contribution is 0.628. The minimum absolute atomic E-state index is 0.270. The molecule has 0 fully saturated rings. The molecule has 0 aliphatic rings. The first-order valence-electron chi connectivity index (χ1n) is 6.01. The third kappa shape index (κ3) is 2.44. The highest BCUT2D eigenvalue weighted by Gasteiger charge is 2.09. The van der Waals surface area contributed by atoms with Crippen LogP contribution in [-0.4, -0.2) is 9.78 Å². The van der Waals surface area contributed by atoms with Crippen molar-refractivity contribution in [3.8, 4) is 16.9 Å². The molecular formula is C15H11BrFN3. The van der Waals surface area contributed by atoms with E-state index in [9.17, 15) is 4.39 Å². The summed E-state index contributed by atoms with van der Waals surface area (Å²) in [5.74, 6) is 0.260. The Morgan fingerprint density at radius 3 is 2.50 bits per heavy atom. The van der Waals surface area contributed by atoms with Crippen LogP contribution in [0.5, 0.6) is 0 Å². The Hall–Kier alpha value is -2.14. The van der Waals surface area contributed by atoms with Crippen LogP contribution in [0, 0.1) is 5.82 Å². The number of nitrogens with zero attached hydrogens (tertiary/aromatic N) is 2. The van der Waals surface area contributed by atoms with Crippen molar-refractivity contribution in [2.24, 2.45) is 0 Å². The van der Waals surface area contributed by atoms with E-state index in [1.54, 1.807) is 22.9 Å². The van der Waals surface area contributed by atoms with E-state index in [1.165, 1.54) is 12.1 Å². The molecule has 3 nitrogen and oxygen atoms in total. The van der Waals surface area contributed by atoms with Gasteiger partial charge in [-0.3, -0.25) is 0 Å². The topological polar surface area (TPSA) is 43.8 Å². The molecule has 1 heterocycles. The van der Waals surface area contributed by atoms with Gasteiger partial charge < -0.3 is 5.73 Å². The molecule has 100 valence electrons. The molecule has 0 radical (unpaired) electrons. The molecule has 0 atom stereocenters. The number of rotatable bonds is 2. The third-order valence-corrected chi connectivity index (χ3v) is 3.42. The SMILES string of the molecule is Nc1cc(-c2ccc(F)cc2)nn1-c1cccc(Br)c1.